The molecular formula is C9H20N2O2. The monoisotopic (exact) mass is 188 g/mol. The highest BCUT2D eigenvalue weighted by Gasteiger charge is 2.12. The summed E-state index contributed by atoms with van der Waals surface area (Å²) in [7, 11) is 0. The van der Waals surface area contributed by atoms with Crippen LogP contribution in [0.2, 0.25) is 0 Å². The number of carbonyl (C=O) groups is 1. The lowest BCUT2D eigenvalue weighted by Crippen LogP contribution is -2.41. The van der Waals surface area contributed by atoms with Crippen LogP contribution < -0.4 is 11.1 Å². The summed E-state index contributed by atoms with van der Waals surface area (Å²) in [5.41, 5.74) is 4.89. The van der Waals surface area contributed by atoms with E-state index in [1.54, 1.807) is 0 Å². The average molecular weight is 188 g/mol. The number of rotatable bonds is 6. The molecule has 0 saturated carbocycles. The van der Waals surface area contributed by atoms with Crippen molar-refractivity contribution in [1.82, 2.24) is 5.32 Å². The van der Waals surface area contributed by atoms with Crippen LogP contribution in [0, 0.1) is 5.92 Å². The second kappa shape index (κ2) is 5.94. The summed E-state index contributed by atoms with van der Waals surface area (Å²) >= 11 is 0. The van der Waals surface area contributed by atoms with E-state index < -0.39 is 12.0 Å². The Labute approximate surface area is 79.5 Å². The summed E-state index contributed by atoms with van der Waals surface area (Å²) in [5, 5.41) is 12.1. The molecule has 0 aliphatic rings. The Hall–Kier alpha value is -0.610. The summed E-state index contributed by atoms with van der Waals surface area (Å²) in [6, 6.07) is 0.300. The molecule has 0 saturated heterocycles. The fourth-order valence-corrected chi connectivity index (χ4v) is 1.20. The molecule has 0 spiro atoms. The quantitative estimate of drug-likeness (QED) is 0.543. The number of amides is 1. The first kappa shape index (κ1) is 12.4. The molecule has 0 radical (unpaired) electrons. The van der Waals surface area contributed by atoms with Crippen LogP contribution in [-0.4, -0.2) is 29.7 Å². The Morgan fingerprint density at radius 3 is 2.38 bits per heavy atom. The molecule has 0 bridgehead atoms. The van der Waals surface area contributed by atoms with Crippen LogP contribution >= 0.6 is 0 Å². The Kier molecular flexibility index (Phi) is 5.66. The van der Waals surface area contributed by atoms with Gasteiger partial charge in [0.05, 0.1) is 0 Å². The van der Waals surface area contributed by atoms with Gasteiger partial charge < -0.3 is 16.2 Å². The molecule has 0 heterocycles. The predicted octanol–water partition coefficient (Wildman–Crippen LogP) is -0.143. The van der Waals surface area contributed by atoms with E-state index in [-0.39, 0.29) is 6.54 Å². The van der Waals surface area contributed by atoms with Crippen LogP contribution in [0.1, 0.15) is 27.2 Å². The van der Waals surface area contributed by atoms with Gasteiger partial charge in [0.2, 0.25) is 5.91 Å². The van der Waals surface area contributed by atoms with Gasteiger partial charge in [-0.3, -0.25) is 4.79 Å². The minimum atomic E-state index is -1.07. The number of aliphatic hydroxyl groups is 1. The summed E-state index contributed by atoms with van der Waals surface area (Å²) in [5.74, 6) is -0.0718. The molecule has 13 heavy (non-hydrogen) atoms. The third-order valence-corrected chi connectivity index (χ3v) is 1.81. The van der Waals surface area contributed by atoms with E-state index in [1.807, 2.05) is 6.92 Å². The van der Waals surface area contributed by atoms with E-state index >= 15 is 0 Å². The van der Waals surface area contributed by atoms with Gasteiger partial charge in [-0.15, -0.1) is 0 Å². The molecule has 4 nitrogen and oxygen atoms in total. The standard InChI is InChI=1S/C9H20N2O2/c1-6(2)4-7(3)11-5-8(12)9(10)13/h6-8,11-12H,4-5H2,1-3H3,(H2,10,13). The van der Waals surface area contributed by atoms with Gasteiger partial charge in [-0.1, -0.05) is 13.8 Å². The third kappa shape index (κ3) is 6.54. The number of primary amides is 1. The lowest BCUT2D eigenvalue weighted by Gasteiger charge is -2.17. The number of hydrogen-bond donors (Lipinski definition) is 3. The molecule has 0 fully saturated rings. The second-order valence-corrected chi connectivity index (χ2v) is 3.86. The largest absolute Gasteiger partial charge is 0.382 e. The molecule has 0 aliphatic heterocycles. The molecule has 78 valence electrons. The van der Waals surface area contributed by atoms with E-state index in [1.165, 1.54) is 0 Å². The first-order valence-electron chi connectivity index (χ1n) is 4.64. The Morgan fingerprint density at radius 1 is 1.46 bits per heavy atom. The highest BCUT2D eigenvalue weighted by atomic mass is 16.3. The molecule has 4 N–H and O–H groups in total. The Bertz CT molecular complexity index is 160. The smallest absolute Gasteiger partial charge is 0.247 e. The number of aliphatic hydroxyl groups excluding tert-OH is 1. The Balaban J connectivity index is 3.57. The van der Waals surface area contributed by atoms with Gasteiger partial charge >= 0.3 is 0 Å². The summed E-state index contributed by atoms with van der Waals surface area (Å²) in [6.45, 7) is 6.52. The maximum absolute atomic E-state index is 10.5. The highest BCUT2D eigenvalue weighted by molar-refractivity contribution is 5.78. The zero-order chi connectivity index (χ0) is 10.4. The minimum Gasteiger partial charge on any atom is -0.382 e. The van der Waals surface area contributed by atoms with Crippen molar-refractivity contribution in [2.75, 3.05) is 6.54 Å². The first-order chi connectivity index (χ1) is 5.93. The molecule has 0 aromatic rings. The number of carbonyl (C=O) groups excluding carboxylic acids is 1. The van der Waals surface area contributed by atoms with Crippen molar-refractivity contribution in [3.63, 3.8) is 0 Å². The molecule has 0 aromatic carbocycles. The highest BCUT2D eigenvalue weighted by Crippen LogP contribution is 2.03. The molecule has 2 atom stereocenters. The Morgan fingerprint density at radius 2 is 2.00 bits per heavy atom. The van der Waals surface area contributed by atoms with E-state index in [9.17, 15) is 4.79 Å². The summed E-state index contributed by atoms with van der Waals surface area (Å²) < 4.78 is 0. The van der Waals surface area contributed by atoms with Crippen molar-refractivity contribution in [2.24, 2.45) is 11.7 Å². The fourth-order valence-electron chi connectivity index (χ4n) is 1.20. The SMILES string of the molecule is CC(C)CC(C)NCC(O)C(N)=O. The second-order valence-electron chi connectivity index (χ2n) is 3.86. The molecule has 4 heteroatoms. The number of nitrogens with one attached hydrogen (secondary N) is 1. The normalized spacial score (nSPS) is 15.8. The zero-order valence-corrected chi connectivity index (χ0v) is 8.58. The van der Waals surface area contributed by atoms with Crippen LogP contribution in [0.25, 0.3) is 0 Å². The van der Waals surface area contributed by atoms with E-state index in [0.29, 0.717) is 12.0 Å². The van der Waals surface area contributed by atoms with E-state index in [4.69, 9.17) is 10.8 Å². The lowest BCUT2D eigenvalue weighted by atomic mass is 10.1. The van der Waals surface area contributed by atoms with Gasteiger partial charge in [0.25, 0.3) is 0 Å². The van der Waals surface area contributed by atoms with Crippen molar-refractivity contribution in [1.29, 1.82) is 0 Å². The topological polar surface area (TPSA) is 75.3 Å². The van der Waals surface area contributed by atoms with Gasteiger partial charge in [-0.05, 0) is 19.3 Å². The zero-order valence-electron chi connectivity index (χ0n) is 8.58. The molecule has 1 amide bonds. The predicted molar refractivity (Wildman–Crippen MR) is 52.1 cm³/mol. The number of hydrogen-bond acceptors (Lipinski definition) is 3. The maximum atomic E-state index is 10.5. The van der Waals surface area contributed by atoms with Gasteiger partial charge in [0, 0.05) is 12.6 Å². The van der Waals surface area contributed by atoms with E-state index in [2.05, 4.69) is 19.2 Å². The van der Waals surface area contributed by atoms with Crippen LogP contribution in [0.5, 0.6) is 0 Å². The van der Waals surface area contributed by atoms with Crippen LogP contribution in [-0.2, 0) is 4.79 Å². The van der Waals surface area contributed by atoms with Gasteiger partial charge in [-0.25, -0.2) is 0 Å². The third-order valence-electron chi connectivity index (χ3n) is 1.81. The average Bonchev–Trinajstić information content (AvgIpc) is 1.98. The van der Waals surface area contributed by atoms with Gasteiger partial charge in [0.1, 0.15) is 6.10 Å². The van der Waals surface area contributed by atoms with Gasteiger partial charge in [0.15, 0.2) is 0 Å². The van der Waals surface area contributed by atoms with Crippen LogP contribution in [0.4, 0.5) is 0 Å². The molecule has 0 rings (SSSR count). The van der Waals surface area contributed by atoms with Gasteiger partial charge in [-0.2, -0.15) is 0 Å². The molecular weight excluding hydrogens is 168 g/mol. The summed E-state index contributed by atoms with van der Waals surface area (Å²) in [4.78, 5) is 10.5. The maximum Gasteiger partial charge on any atom is 0.247 e. The van der Waals surface area contributed by atoms with Crippen molar-refractivity contribution < 1.29 is 9.90 Å². The molecule has 0 aromatic heterocycles. The van der Waals surface area contributed by atoms with Crippen molar-refractivity contribution in [3.05, 3.63) is 0 Å². The van der Waals surface area contributed by atoms with Crippen molar-refractivity contribution in [3.8, 4) is 0 Å². The minimum absolute atomic E-state index is 0.239. The summed E-state index contributed by atoms with van der Waals surface area (Å²) in [6.07, 6.45) is -0.0551. The van der Waals surface area contributed by atoms with Crippen molar-refractivity contribution >= 4 is 5.91 Å². The molecule has 0 aliphatic carbocycles. The van der Waals surface area contributed by atoms with Crippen LogP contribution in [0.15, 0.2) is 0 Å². The van der Waals surface area contributed by atoms with Crippen molar-refractivity contribution in [2.45, 2.75) is 39.3 Å². The number of nitrogens with two attached hydrogens (primary N) is 1. The fraction of sp³-hybridized carbons (Fsp3) is 0.889. The lowest BCUT2D eigenvalue weighted by molar-refractivity contribution is -0.125. The first-order valence-corrected chi connectivity index (χ1v) is 4.64. The molecule has 2 unspecified atom stereocenters. The van der Waals surface area contributed by atoms with Crippen LogP contribution in [0.3, 0.4) is 0 Å². The van der Waals surface area contributed by atoms with E-state index in [0.717, 1.165) is 6.42 Å².